The van der Waals surface area contributed by atoms with E-state index in [1.54, 1.807) is 6.07 Å². The van der Waals surface area contributed by atoms with Crippen LogP contribution in [0, 0.1) is 5.41 Å². The Bertz CT molecular complexity index is 504. The van der Waals surface area contributed by atoms with E-state index in [9.17, 15) is 23.1 Å². The molecule has 0 aromatic heterocycles. The van der Waals surface area contributed by atoms with E-state index in [1.807, 2.05) is 0 Å². The van der Waals surface area contributed by atoms with Crippen molar-refractivity contribution in [2.24, 2.45) is 0 Å². The smallest absolute Gasteiger partial charge is 0.433 e. The molecule has 0 fully saturated rings. The summed E-state index contributed by atoms with van der Waals surface area (Å²) in [4.78, 5) is 11.2. The number of allylic oxidation sites excluding steroid dienone is 1. The largest absolute Gasteiger partial charge is 0.506 e. The molecule has 1 rings (SSSR count). The van der Waals surface area contributed by atoms with Gasteiger partial charge in [0.15, 0.2) is 11.5 Å². The number of hydrogen-bond acceptors (Lipinski definition) is 3. The summed E-state index contributed by atoms with van der Waals surface area (Å²) >= 11 is 0. The number of carbonyl (C=O) groups is 1. The Kier molecular flexibility index (Phi) is 3.90. The Hall–Kier alpha value is -2.11. The van der Waals surface area contributed by atoms with Crippen LogP contribution in [0.4, 0.5) is 13.2 Å². The SMILES string of the molecule is CC(=O)/C(C(=N)C(F)(F)F)=C(/O)c1ccccc1. The normalized spacial score (nSPS) is 12.9. The molecule has 1 aromatic rings. The molecule has 0 spiro atoms. The monoisotopic (exact) mass is 257 g/mol. The number of hydrogen-bond donors (Lipinski definition) is 2. The van der Waals surface area contributed by atoms with Gasteiger partial charge >= 0.3 is 6.18 Å². The fourth-order valence-corrected chi connectivity index (χ4v) is 1.34. The van der Waals surface area contributed by atoms with Crippen LogP contribution in [0.2, 0.25) is 0 Å². The van der Waals surface area contributed by atoms with E-state index in [1.165, 1.54) is 24.3 Å². The number of rotatable bonds is 3. The molecular formula is C12H10F3NO2. The zero-order valence-electron chi connectivity index (χ0n) is 9.38. The summed E-state index contributed by atoms with van der Waals surface area (Å²) < 4.78 is 37.2. The Morgan fingerprint density at radius 1 is 1.22 bits per heavy atom. The average molecular weight is 257 g/mol. The molecular weight excluding hydrogens is 247 g/mol. The number of halogens is 3. The molecule has 18 heavy (non-hydrogen) atoms. The highest BCUT2D eigenvalue weighted by atomic mass is 19.4. The van der Waals surface area contributed by atoms with Crippen LogP contribution in [0.5, 0.6) is 0 Å². The molecule has 0 aliphatic carbocycles. The number of nitrogens with one attached hydrogen (secondary N) is 1. The van der Waals surface area contributed by atoms with Crippen LogP contribution in [0.25, 0.3) is 5.76 Å². The first-order chi connectivity index (χ1) is 8.25. The first kappa shape index (κ1) is 14.0. The maximum atomic E-state index is 12.4. The minimum Gasteiger partial charge on any atom is -0.506 e. The Morgan fingerprint density at radius 2 is 1.72 bits per heavy atom. The number of aliphatic hydroxyl groups excluding tert-OH is 1. The van der Waals surface area contributed by atoms with Crippen molar-refractivity contribution in [2.75, 3.05) is 0 Å². The summed E-state index contributed by atoms with van der Waals surface area (Å²) in [6, 6.07) is 7.31. The first-order valence-electron chi connectivity index (χ1n) is 4.91. The summed E-state index contributed by atoms with van der Waals surface area (Å²) in [5.74, 6) is -1.86. The van der Waals surface area contributed by atoms with E-state index in [0.29, 0.717) is 0 Å². The minimum absolute atomic E-state index is 0.0525. The Labute approximate surface area is 101 Å². The van der Waals surface area contributed by atoms with E-state index >= 15 is 0 Å². The predicted octanol–water partition coefficient (Wildman–Crippen LogP) is 3.13. The van der Waals surface area contributed by atoms with Crippen molar-refractivity contribution in [3.63, 3.8) is 0 Å². The van der Waals surface area contributed by atoms with E-state index in [0.717, 1.165) is 6.92 Å². The first-order valence-corrected chi connectivity index (χ1v) is 4.91. The molecule has 0 aliphatic rings. The van der Waals surface area contributed by atoms with Gasteiger partial charge in [0.05, 0.1) is 5.57 Å². The fourth-order valence-electron chi connectivity index (χ4n) is 1.34. The summed E-state index contributed by atoms with van der Waals surface area (Å²) in [6.07, 6.45) is -4.98. The quantitative estimate of drug-likeness (QED) is 0.496. The zero-order valence-corrected chi connectivity index (χ0v) is 9.38. The van der Waals surface area contributed by atoms with Gasteiger partial charge in [0.1, 0.15) is 5.76 Å². The third-order valence-corrected chi connectivity index (χ3v) is 2.17. The van der Waals surface area contributed by atoms with Crippen LogP contribution in [-0.2, 0) is 4.79 Å². The van der Waals surface area contributed by atoms with Crippen molar-refractivity contribution in [2.45, 2.75) is 13.1 Å². The molecule has 0 bridgehead atoms. The van der Waals surface area contributed by atoms with Gasteiger partial charge in [-0.25, -0.2) is 0 Å². The molecule has 0 atom stereocenters. The number of benzene rings is 1. The standard InChI is InChI=1S/C12H10F3NO2/c1-7(17)9(11(16)12(13,14)15)10(18)8-5-3-2-4-6-8/h2-6,16,18H,1H3/b10-9-,16-11?. The maximum Gasteiger partial charge on any atom is 0.433 e. The molecule has 0 aliphatic heterocycles. The molecule has 0 saturated heterocycles. The average Bonchev–Trinajstić information content (AvgIpc) is 2.28. The highest BCUT2D eigenvalue weighted by Gasteiger charge is 2.39. The molecule has 0 radical (unpaired) electrons. The number of aliphatic hydroxyl groups is 1. The van der Waals surface area contributed by atoms with Gasteiger partial charge < -0.3 is 5.11 Å². The van der Waals surface area contributed by atoms with Crippen LogP contribution in [-0.4, -0.2) is 22.8 Å². The van der Waals surface area contributed by atoms with Crippen LogP contribution in [0.1, 0.15) is 12.5 Å². The number of Topliss-reactive ketones (excluding diaryl/α,β-unsaturated/α-hetero) is 1. The van der Waals surface area contributed by atoms with Crippen molar-refractivity contribution in [1.82, 2.24) is 0 Å². The second-order valence-corrected chi connectivity index (χ2v) is 3.52. The Morgan fingerprint density at radius 3 is 2.11 bits per heavy atom. The lowest BCUT2D eigenvalue weighted by molar-refractivity contribution is -0.113. The zero-order chi connectivity index (χ0) is 13.9. The minimum atomic E-state index is -4.98. The van der Waals surface area contributed by atoms with Crippen molar-refractivity contribution < 1.29 is 23.1 Å². The van der Waals surface area contributed by atoms with Crippen molar-refractivity contribution in [1.29, 1.82) is 5.41 Å². The summed E-state index contributed by atoms with van der Waals surface area (Å²) in [7, 11) is 0. The molecule has 96 valence electrons. The summed E-state index contributed by atoms with van der Waals surface area (Å²) in [5.41, 5.74) is -2.83. The predicted molar refractivity (Wildman–Crippen MR) is 60.5 cm³/mol. The summed E-state index contributed by atoms with van der Waals surface area (Å²) in [6.45, 7) is 0.870. The molecule has 3 nitrogen and oxygen atoms in total. The van der Waals surface area contributed by atoms with Gasteiger partial charge in [0, 0.05) is 5.56 Å². The van der Waals surface area contributed by atoms with Gasteiger partial charge in [-0.1, -0.05) is 30.3 Å². The fraction of sp³-hybridized carbons (Fsp3) is 0.167. The van der Waals surface area contributed by atoms with Crippen molar-refractivity contribution in [3.05, 3.63) is 41.5 Å². The summed E-state index contributed by atoms with van der Waals surface area (Å²) in [5, 5.41) is 16.6. The highest BCUT2D eigenvalue weighted by molar-refractivity contribution is 6.26. The van der Waals surface area contributed by atoms with Crippen LogP contribution >= 0.6 is 0 Å². The molecule has 1 aromatic carbocycles. The van der Waals surface area contributed by atoms with Crippen LogP contribution in [0.15, 0.2) is 35.9 Å². The van der Waals surface area contributed by atoms with E-state index < -0.39 is 29.0 Å². The molecule has 0 heterocycles. The lowest BCUT2D eigenvalue weighted by atomic mass is 10.0. The third kappa shape index (κ3) is 2.97. The van der Waals surface area contributed by atoms with Crippen LogP contribution < -0.4 is 0 Å². The third-order valence-electron chi connectivity index (χ3n) is 2.17. The van der Waals surface area contributed by atoms with Gasteiger partial charge in [0.2, 0.25) is 0 Å². The second kappa shape index (κ2) is 5.03. The van der Waals surface area contributed by atoms with Crippen molar-refractivity contribution >= 4 is 17.3 Å². The molecule has 2 N–H and O–H groups in total. The van der Waals surface area contributed by atoms with Gasteiger partial charge in [-0.2, -0.15) is 13.2 Å². The highest BCUT2D eigenvalue weighted by Crippen LogP contribution is 2.26. The lowest BCUT2D eigenvalue weighted by Gasteiger charge is -2.12. The van der Waals surface area contributed by atoms with Crippen LogP contribution in [0.3, 0.4) is 0 Å². The number of ketones is 1. The van der Waals surface area contributed by atoms with Gasteiger partial charge in [0.25, 0.3) is 0 Å². The van der Waals surface area contributed by atoms with Gasteiger partial charge in [-0.3, -0.25) is 10.2 Å². The number of carbonyl (C=O) groups excluding carboxylic acids is 1. The van der Waals surface area contributed by atoms with Gasteiger partial charge in [-0.05, 0) is 6.92 Å². The maximum absolute atomic E-state index is 12.4. The van der Waals surface area contributed by atoms with Gasteiger partial charge in [-0.15, -0.1) is 0 Å². The molecule has 0 amide bonds. The van der Waals surface area contributed by atoms with E-state index in [2.05, 4.69) is 0 Å². The number of alkyl halides is 3. The molecule has 6 heteroatoms. The Balaban J connectivity index is 3.37. The van der Waals surface area contributed by atoms with E-state index in [-0.39, 0.29) is 5.56 Å². The molecule has 0 saturated carbocycles. The molecule has 0 unspecified atom stereocenters. The van der Waals surface area contributed by atoms with Crippen molar-refractivity contribution in [3.8, 4) is 0 Å². The lowest BCUT2D eigenvalue weighted by Crippen LogP contribution is -2.27. The topological polar surface area (TPSA) is 61.2 Å². The second-order valence-electron chi connectivity index (χ2n) is 3.52. The van der Waals surface area contributed by atoms with E-state index in [4.69, 9.17) is 5.41 Å².